The van der Waals surface area contributed by atoms with Gasteiger partial charge in [-0.25, -0.2) is 4.39 Å². The van der Waals surface area contributed by atoms with Crippen LogP contribution in [0.1, 0.15) is 23.7 Å². The highest BCUT2D eigenvalue weighted by Gasteiger charge is 2.32. The van der Waals surface area contributed by atoms with Crippen LogP contribution in [-0.4, -0.2) is 42.0 Å². The lowest BCUT2D eigenvalue weighted by atomic mass is 9.95. The Morgan fingerprint density at radius 1 is 1.52 bits per heavy atom. The summed E-state index contributed by atoms with van der Waals surface area (Å²) in [4.78, 5) is 24.2. The zero-order valence-electron chi connectivity index (χ0n) is 11.9. The minimum absolute atomic E-state index is 0.115. The highest BCUT2D eigenvalue weighted by Crippen LogP contribution is 2.25. The second kappa shape index (κ2) is 6.17. The van der Waals surface area contributed by atoms with Crippen molar-refractivity contribution in [3.05, 3.63) is 39.7 Å². The van der Waals surface area contributed by atoms with Gasteiger partial charge in [-0.3, -0.25) is 14.9 Å². The number of nitro benzene ring substituents is 1. The standard InChI is InChI=1S/C14H17FN2O4/c1-9-5-6-16(8-13(9)21-2)14(18)11-7-10(15)3-4-12(11)17(19)20/h3-4,7,9,13H,5-6,8H2,1-2H3. The van der Waals surface area contributed by atoms with Gasteiger partial charge in [-0.15, -0.1) is 0 Å². The van der Waals surface area contributed by atoms with E-state index < -0.39 is 16.6 Å². The van der Waals surface area contributed by atoms with Crippen molar-refractivity contribution in [3.8, 4) is 0 Å². The zero-order valence-corrected chi connectivity index (χ0v) is 11.9. The van der Waals surface area contributed by atoms with Gasteiger partial charge in [-0.2, -0.15) is 0 Å². The van der Waals surface area contributed by atoms with Gasteiger partial charge in [-0.05, 0) is 24.5 Å². The summed E-state index contributed by atoms with van der Waals surface area (Å²) in [5, 5.41) is 11.0. The third-order valence-corrected chi connectivity index (χ3v) is 3.87. The van der Waals surface area contributed by atoms with Gasteiger partial charge in [0.2, 0.25) is 0 Å². The highest BCUT2D eigenvalue weighted by atomic mass is 19.1. The van der Waals surface area contributed by atoms with Crippen LogP contribution in [0.5, 0.6) is 0 Å². The fourth-order valence-electron chi connectivity index (χ4n) is 2.53. The third kappa shape index (κ3) is 3.18. The van der Waals surface area contributed by atoms with Gasteiger partial charge in [0.1, 0.15) is 11.4 Å². The lowest BCUT2D eigenvalue weighted by Crippen LogP contribution is -2.46. The van der Waals surface area contributed by atoms with E-state index in [0.29, 0.717) is 19.0 Å². The van der Waals surface area contributed by atoms with E-state index in [0.717, 1.165) is 24.6 Å². The van der Waals surface area contributed by atoms with Crippen LogP contribution in [0.15, 0.2) is 18.2 Å². The summed E-state index contributed by atoms with van der Waals surface area (Å²) < 4.78 is 18.6. The topological polar surface area (TPSA) is 72.7 Å². The molecule has 0 spiro atoms. The minimum atomic E-state index is -0.674. The molecule has 6 nitrogen and oxygen atoms in total. The molecule has 0 bridgehead atoms. The van der Waals surface area contributed by atoms with Gasteiger partial charge in [0.15, 0.2) is 0 Å². The molecule has 1 aromatic rings. The summed E-state index contributed by atoms with van der Waals surface area (Å²) in [5.41, 5.74) is -0.599. The molecule has 0 saturated carbocycles. The SMILES string of the molecule is COC1CN(C(=O)c2cc(F)ccc2[N+](=O)[O-])CCC1C. The van der Waals surface area contributed by atoms with E-state index in [2.05, 4.69) is 0 Å². The number of likely N-dealkylation sites (tertiary alicyclic amines) is 1. The molecule has 2 atom stereocenters. The quantitative estimate of drug-likeness (QED) is 0.633. The van der Waals surface area contributed by atoms with Crippen LogP contribution >= 0.6 is 0 Å². The zero-order chi connectivity index (χ0) is 15.6. The first kappa shape index (κ1) is 15.4. The summed E-state index contributed by atoms with van der Waals surface area (Å²) in [5.74, 6) is -0.894. The number of methoxy groups -OCH3 is 1. The van der Waals surface area contributed by atoms with Crippen molar-refractivity contribution in [3.63, 3.8) is 0 Å². The van der Waals surface area contributed by atoms with Crippen molar-refractivity contribution in [2.24, 2.45) is 5.92 Å². The molecule has 21 heavy (non-hydrogen) atoms. The molecule has 0 N–H and O–H groups in total. The van der Waals surface area contributed by atoms with E-state index in [1.54, 1.807) is 7.11 Å². The van der Waals surface area contributed by atoms with Crippen molar-refractivity contribution < 1.29 is 18.8 Å². The maximum absolute atomic E-state index is 13.3. The number of carbonyl (C=O) groups is 1. The van der Waals surface area contributed by atoms with Crippen LogP contribution < -0.4 is 0 Å². The van der Waals surface area contributed by atoms with E-state index in [-0.39, 0.29) is 17.4 Å². The Morgan fingerprint density at radius 2 is 2.24 bits per heavy atom. The second-order valence-corrected chi connectivity index (χ2v) is 5.21. The lowest BCUT2D eigenvalue weighted by Gasteiger charge is -2.36. The number of ether oxygens (including phenoxy) is 1. The fourth-order valence-corrected chi connectivity index (χ4v) is 2.53. The molecule has 1 saturated heterocycles. The van der Waals surface area contributed by atoms with Crippen molar-refractivity contribution in [2.75, 3.05) is 20.2 Å². The van der Waals surface area contributed by atoms with Crippen LogP contribution in [-0.2, 0) is 4.74 Å². The van der Waals surface area contributed by atoms with E-state index in [9.17, 15) is 19.3 Å². The predicted octanol–water partition coefficient (Wildman–Crippen LogP) is 2.23. The number of benzene rings is 1. The molecule has 0 aromatic heterocycles. The largest absolute Gasteiger partial charge is 0.379 e. The molecule has 2 rings (SSSR count). The number of nitrogens with zero attached hydrogens (tertiary/aromatic N) is 2. The molecule has 1 aliphatic rings. The summed E-state index contributed by atoms with van der Waals surface area (Å²) in [6, 6.07) is 2.91. The van der Waals surface area contributed by atoms with Gasteiger partial charge < -0.3 is 9.64 Å². The van der Waals surface area contributed by atoms with E-state index in [1.807, 2.05) is 6.92 Å². The molecule has 1 aliphatic heterocycles. The summed E-state index contributed by atoms with van der Waals surface area (Å²) in [6.07, 6.45) is 0.628. The maximum Gasteiger partial charge on any atom is 0.282 e. The summed E-state index contributed by atoms with van der Waals surface area (Å²) >= 11 is 0. The van der Waals surface area contributed by atoms with Crippen LogP contribution in [0.3, 0.4) is 0 Å². The van der Waals surface area contributed by atoms with Crippen molar-refractivity contribution in [1.82, 2.24) is 4.90 Å². The van der Waals surface area contributed by atoms with Crippen LogP contribution in [0.4, 0.5) is 10.1 Å². The summed E-state index contributed by atoms with van der Waals surface area (Å²) in [7, 11) is 1.57. The molecule has 1 aromatic carbocycles. The molecule has 0 aliphatic carbocycles. The molecule has 114 valence electrons. The van der Waals surface area contributed by atoms with Gasteiger partial charge >= 0.3 is 0 Å². The number of rotatable bonds is 3. The molecular weight excluding hydrogens is 279 g/mol. The Kier molecular flexibility index (Phi) is 4.52. The van der Waals surface area contributed by atoms with Gasteiger partial charge in [0.05, 0.1) is 11.0 Å². The van der Waals surface area contributed by atoms with Crippen molar-refractivity contribution in [1.29, 1.82) is 0 Å². The maximum atomic E-state index is 13.3. The first-order chi connectivity index (χ1) is 9.93. The Balaban J connectivity index is 2.28. The minimum Gasteiger partial charge on any atom is -0.379 e. The number of carbonyl (C=O) groups excluding carboxylic acids is 1. The Morgan fingerprint density at radius 3 is 2.86 bits per heavy atom. The average molecular weight is 296 g/mol. The van der Waals surface area contributed by atoms with E-state index >= 15 is 0 Å². The van der Waals surface area contributed by atoms with Crippen LogP contribution in [0.2, 0.25) is 0 Å². The first-order valence-corrected chi connectivity index (χ1v) is 6.70. The van der Waals surface area contributed by atoms with E-state index in [1.165, 1.54) is 4.90 Å². The second-order valence-electron chi connectivity index (χ2n) is 5.21. The Labute approximate surface area is 121 Å². The van der Waals surface area contributed by atoms with Gasteiger partial charge in [-0.1, -0.05) is 6.92 Å². The molecule has 1 heterocycles. The number of nitro groups is 1. The number of hydrogen-bond acceptors (Lipinski definition) is 4. The smallest absolute Gasteiger partial charge is 0.282 e. The Hall–Kier alpha value is -2.02. The molecule has 0 radical (unpaired) electrons. The lowest BCUT2D eigenvalue weighted by molar-refractivity contribution is -0.385. The molecule has 7 heteroatoms. The number of piperidine rings is 1. The fraction of sp³-hybridized carbons (Fsp3) is 0.500. The van der Waals surface area contributed by atoms with Crippen molar-refractivity contribution in [2.45, 2.75) is 19.4 Å². The Bertz CT molecular complexity index is 564. The van der Waals surface area contributed by atoms with Gasteiger partial charge in [0, 0.05) is 26.3 Å². The van der Waals surface area contributed by atoms with Crippen molar-refractivity contribution >= 4 is 11.6 Å². The number of hydrogen-bond donors (Lipinski definition) is 0. The molecule has 1 fully saturated rings. The molecule has 2 unspecified atom stereocenters. The van der Waals surface area contributed by atoms with Gasteiger partial charge in [0.25, 0.3) is 11.6 Å². The normalized spacial score (nSPS) is 22.1. The van der Waals surface area contributed by atoms with E-state index in [4.69, 9.17) is 4.74 Å². The number of amides is 1. The number of halogens is 1. The molecule has 1 amide bonds. The predicted molar refractivity (Wildman–Crippen MR) is 73.5 cm³/mol. The summed E-state index contributed by atoms with van der Waals surface area (Å²) in [6.45, 7) is 2.86. The highest BCUT2D eigenvalue weighted by molar-refractivity contribution is 5.98. The third-order valence-electron chi connectivity index (χ3n) is 3.87. The van der Waals surface area contributed by atoms with Crippen LogP contribution in [0.25, 0.3) is 0 Å². The van der Waals surface area contributed by atoms with Crippen LogP contribution in [0, 0.1) is 21.8 Å². The average Bonchev–Trinajstić information content (AvgIpc) is 2.46. The monoisotopic (exact) mass is 296 g/mol. The first-order valence-electron chi connectivity index (χ1n) is 6.70. The molecular formula is C14H17FN2O4.